The zero-order valence-corrected chi connectivity index (χ0v) is 9.54. The average Bonchev–Trinajstić information content (AvgIpc) is 3.06. The molecule has 0 radical (unpaired) electrons. The van der Waals surface area contributed by atoms with E-state index in [4.69, 9.17) is 9.47 Å². The first-order valence-electron chi connectivity index (χ1n) is 5.67. The molecular weight excluding hydrogens is 251 g/mol. The molecule has 0 bridgehead atoms. The lowest BCUT2D eigenvalue weighted by Gasteiger charge is -2.16. The van der Waals surface area contributed by atoms with Gasteiger partial charge >= 0.3 is 6.98 Å². The zero-order chi connectivity index (χ0) is 13.2. The molecule has 7 heteroatoms. The van der Waals surface area contributed by atoms with Crippen molar-refractivity contribution < 1.29 is 26.8 Å². The second kappa shape index (κ2) is 5.18. The summed E-state index contributed by atoms with van der Waals surface area (Å²) in [4.78, 5) is 0. The third-order valence-corrected chi connectivity index (χ3v) is 2.68. The van der Waals surface area contributed by atoms with Gasteiger partial charge in [0.25, 0.3) is 0 Å². The van der Waals surface area contributed by atoms with Crippen LogP contribution < -0.4 is 10.2 Å². The van der Waals surface area contributed by atoms with E-state index >= 15 is 0 Å². The molecule has 2 nitrogen and oxygen atoms in total. The van der Waals surface area contributed by atoms with E-state index in [0.29, 0.717) is 18.6 Å². The van der Waals surface area contributed by atoms with E-state index in [0.717, 1.165) is 25.0 Å². The van der Waals surface area contributed by atoms with Crippen molar-refractivity contribution in [1.82, 2.24) is 0 Å². The quantitative estimate of drug-likeness (QED) is 0.340. The van der Waals surface area contributed by atoms with Gasteiger partial charge in [0.2, 0.25) is 0 Å². The highest BCUT2D eigenvalue weighted by molar-refractivity contribution is 6.73. The van der Waals surface area contributed by atoms with E-state index in [1.54, 1.807) is 0 Å². The highest BCUT2D eigenvalue weighted by Gasteiger charge is 2.29. The molecule has 2 rings (SSSR count). The predicted molar refractivity (Wildman–Crippen MR) is 59.3 cm³/mol. The smallest absolute Gasteiger partial charge is 0.467 e. The molecular formula is C11H12BF4O2-. The summed E-state index contributed by atoms with van der Waals surface area (Å²) in [6.45, 7) is -4.83. The van der Waals surface area contributed by atoms with Crippen LogP contribution in [0.3, 0.4) is 0 Å². The Morgan fingerprint density at radius 3 is 2.50 bits per heavy atom. The van der Waals surface area contributed by atoms with Crippen molar-refractivity contribution in [3.63, 3.8) is 0 Å². The second-order valence-electron chi connectivity index (χ2n) is 4.33. The Morgan fingerprint density at radius 1 is 1.22 bits per heavy atom. The van der Waals surface area contributed by atoms with Gasteiger partial charge in [-0.2, -0.15) is 0 Å². The second-order valence-corrected chi connectivity index (χ2v) is 4.33. The molecule has 0 N–H and O–H groups in total. The minimum absolute atomic E-state index is 0.0343. The van der Waals surface area contributed by atoms with Gasteiger partial charge in [-0.15, -0.1) is 0 Å². The van der Waals surface area contributed by atoms with Crippen LogP contribution in [0.1, 0.15) is 12.8 Å². The monoisotopic (exact) mass is 263 g/mol. The molecule has 0 unspecified atom stereocenters. The highest BCUT2D eigenvalue weighted by Crippen LogP contribution is 2.28. The Morgan fingerprint density at radius 2 is 1.94 bits per heavy atom. The number of ether oxygens (including phenoxy) is 2. The fraction of sp³-hybridized carbons (Fsp3) is 0.455. The normalized spacial score (nSPS) is 15.8. The van der Waals surface area contributed by atoms with E-state index in [9.17, 15) is 17.3 Å². The summed E-state index contributed by atoms with van der Waals surface area (Å²) in [5, 5.41) is 0. The summed E-state index contributed by atoms with van der Waals surface area (Å²) in [7, 11) is 0. The third kappa shape index (κ3) is 3.63. The van der Waals surface area contributed by atoms with Crippen LogP contribution in [-0.2, 0) is 4.74 Å². The molecule has 1 aromatic rings. The Balaban J connectivity index is 1.87. The molecule has 0 saturated heterocycles. The summed E-state index contributed by atoms with van der Waals surface area (Å²) in [6, 6.07) is 2.50. The van der Waals surface area contributed by atoms with Gasteiger partial charge in [0.1, 0.15) is 5.75 Å². The molecule has 0 aromatic heterocycles. The van der Waals surface area contributed by atoms with Gasteiger partial charge < -0.3 is 22.4 Å². The van der Waals surface area contributed by atoms with Crippen molar-refractivity contribution in [3.05, 3.63) is 24.0 Å². The maximum Gasteiger partial charge on any atom is 0.512 e. The van der Waals surface area contributed by atoms with Crippen LogP contribution in [0.25, 0.3) is 0 Å². The molecule has 0 amide bonds. The van der Waals surface area contributed by atoms with Gasteiger partial charge in [-0.05, 0) is 24.8 Å². The molecule has 18 heavy (non-hydrogen) atoms. The van der Waals surface area contributed by atoms with Crippen LogP contribution in [-0.4, -0.2) is 20.4 Å². The minimum Gasteiger partial charge on any atom is -0.467 e. The van der Waals surface area contributed by atoms with Gasteiger partial charge in [0.15, 0.2) is 6.79 Å². The molecule has 100 valence electrons. The lowest BCUT2D eigenvalue weighted by molar-refractivity contribution is 0.00985. The average molecular weight is 263 g/mol. The van der Waals surface area contributed by atoms with Crippen molar-refractivity contribution in [2.24, 2.45) is 5.92 Å². The van der Waals surface area contributed by atoms with Gasteiger partial charge in [0.05, 0.1) is 12.4 Å². The zero-order valence-electron chi connectivity index (χ0n) is 9.54. The number of hydrogen-bond donors (Lipinski definition) is 0. The van der Waals surface area contributed by atoms with E-state index in [1.165, 1.54) is 0 Å². The molecule has 1 saturated carbocycles. The van der Waals surface area contributed by atoms with E-state index in [2.05, 4.69) is 0 Å². The molecule has 1 aliphatic carbocycles. The van der Waals surface area contributed by atoms with Crippen molar-refractivity contribution in [3.8, 4) is 5.75 Å². The van der Waals surface area contributed by atoms with Gasteiger partial charge in [-0.1, -0.05) is 11.5 Å². The molecule has 0 spiro atoms. The maximum absolute atomic E-state index is 13.2. The first-order chi connectivity index (χ1) is 8.47. The summed E-state index contributed by atoms with van der Waals surface area (Å²) >= 11 is 0. The van der Waals surface area contributed by atoms with Crippen LogP contribution in [0.5, 0.6) is 5.75 Å². The number of benzene rings is 1. The van der Waals surface area contributed by atoms with Crippen LogP contribution in [0.4, 0.5) is 17.3 Å². The Bertz CT molecular complexity index is 418. The number of hydrogen-bond acceptors (Lipinski definition) is 2. The van der Waals surface area contributed by atoms with E-state index in [1.807, 2.05) is 0 Å². The SMILES string of the molecule is Fc1cc(OCOCC2CC2)ccc1[B-](F)(F)F. The van der Waals surface area contributed by atoms with Gasteiger partial charge in [-0.3, -0.25) is 0 Å². The molecule has 0 aliphatic heterocycles. The summed E-state index contributed by atoms with van der Waals surface area (Å²) in [5.74, 6) is -0.713. The van der Waals surface area contributed by atoms with Crippen molar-refractivity contribution in [2.45, 2.75) is 12.8 Å². The van der Waals surface area contributed by atoms with Crippen molar-refractivity contribution in [2.75, 3.05) is 13.4 Å². The fourth-order valence-electron chi connectivity index (χ4n) is 1.47. The van der Waals surface area contributed by atoms with Crippen LogP contribution in [0.15, 0.2) is 18.2 Å². The van der Waals surface area contributed by atoms with Gasteiger partial charge in [-0.25, -0.2) is 4.39 Å². The van der Waals surface area contributed by atoms with E-state index in [-0.39, 0.29) is 12.5 Å². The summed E-state index contributed by atoms with van der Waals surface area (Å²) in [6.07, 6.45) is 2.27. The highest BCUT2D eigenvalue weighted by atomic mass is 19.4. The Labute approximate surface area is 102 Å². The number of halogens is 4. The largest absolute Gasteiger partial charge is 0.512 e. The van der Waals surface area contributed by atoms with E-state index < -0.39 is 18.3 Å². The summed E-state index contributed by atoms with van der Waals surface area (Å²) < 4.78 is 60.3. The summed E-state index contributed by atoms with van der Waals surface area (Å²) in [5.41, 5.74) is -1.23. The van der Waals surface area contributed by atoms with Crippen LogP contribution in [0.2, 0.25) is 0 Å². The minimum atomic E-state index is -5.33. The Kier molecular flexibility index (Phi) is 3.80. The first kappa shape index (κ1) is 13.2. The standard InChI is InChI=1S/C11H12BF4O2/c13-11-5-9(3-4-10(11)12(14,15)16)18-7-17-6-8-1-2-8/h3-5,8H,1-2,6-7H2/q-1. The first-order valence-corrected chi connectivity index (χ1v) is 5.67. The van der Waals surface area contributed by atoms with Gasteiger partial charge in [0, 0.05) is 6.07 Å². The predicted octanol–water partition coefficient (Wildman–Crippen LogP) is 2.64. The van der Waals surface area contributed by atoms with Crippen LogP contribution >= 0.6 is 0 Å². The maximum atomic E-state index is 13.2. The fourth-order valence-corrected chi connectivity index (χ4v) is 1.47. The Hall–Kier alpha value is -1.24. The molecule has 1 fully saturated rings. The lowest BCUT2D eigenvalue weighted by Crippen LogP contribution is -2.36. The third-order valence-electron chi connectivity index (χ3n) is 2.68. The molecule has 1 aromatic carbocycles. The van der Waals surface area contributed by atoms with Crippen molar-refractivity contribution in [1.29, 1.82) is 0 Å². The van der Waals surface area contributed by atoms with Crippen molar-refractivity contribution >= 4 is 12.4 Å². The van der Waals surface area contributed by atoms with Crippen LogP contribution in [0, 0.1) is 11.7 Å². The topological polar surface area (TPSA) is 18.5 Å². The molecule has 0 heterocycles. The lowest BCUT2D eigenvalue weighted by atomic mass is 9.80. The molecule has 1 aliphatic rings. The number of rotatable bonds is 6. The molecule has 0 atom stereocenters.